The molecule has 1 saturated carbocycles. The van der Waals surface area contributed by atoms with Crippen LogP contribution in [0.1, 0.15) is 51.9 Å². The summed E-state index contributed by atoms with van der Waals surface area (Å²) in [4.78, 5) is 0. The first-order valence-electron chi connectivity index (χ1n) is 9.06. The maximum atomic E-state index is 9.98. The summed E-state index contributed by atoms with van der Waals surface area (Å²) < 4.78 is 17.7. The van der Waals surface area contributed by atoms with Crippen LogP contribution in [0.3, 0.4) is 0 Å². The van der Waals surface area contributed by atoms with Crippen molar-refractivity contribution in [1.29, 1.82) is 0 Å². The molecule has 1 spiro atoms. The zero-order chi connectivity index (χ0) is 17.3. The third kappa shape index (κ3) is 3.14. The lowest BCUT2D eigenvalue weighted by Crippen LogP contribution is -2.49. The molecule has 1 aromatic carbocycles. The van der Waals surface area contributed by atoms with E-state index < -0.39 is 6.29 Å². The number of hydrogen-bond acceptors (Lipinski definition) is 4. The highest BCUT2D eigenvalue weighted by molar-refractivity contribution is 5.46. The maximum Gasteiger partial charge on any atom is 0.187 e. The lowest BCUT2D eigenvalue weighted by molar-refractivity contribution is -0.259. The normalized spacial score (nSPS) is 33.8. The largest absolute Gasteiger partial charge is 0.504 e. The van der Waals surface area contributed by atoms with Gasteiger partial charge < -0.3 is 19.3 Å². The molecule has 1 saturated heterocycles. The molecule has 2 atom stereocenters. The van der Waals surface area contributed by atoms with Crippen molar-refractivity contribution in [3.8, 4) is 11.5 Å². The fraction of sp³-hybridized carbons (Fsp3) is 0.700. The van der Waals surface area contributed by atoms with Gasteiger partial charge in [0.1, 0.15) is 0 Å². The van der Waals surface area contributed by atoms with Gasteiger partial charge in [0.2, 0.25) is 0 Å². The van der Waals surface area contributed by atoms with Gasteiger partial charge in [0, 0.05) is 5.41 Å². The Hall–Kier alpha value is -1.26. The van der Waals surface area contributed by atoms with E-state index in [1.165, 1.54) is 19.3 Å². The van der Waals surface area contributed by atoms with Crippen LogP contribution in [0.5, 0.6) is 11.5 Å². The molecule has 0 unspecified atom stereocenters. The number of para-hydroxylation sites is 1. The fourth-order valence-corrected chi connectivity index (χ4v) is 4.79. The number of phenols is 1. The Morgan fingerprint density at radius 3 is 2.54 bits per heavy atom. The van der Waals surface area contributed by atoms with Crippen molar-refractivity contribution in [2.24, 2.45) is 23.2 Å². The first-order valence-corrected chi connectivity index (χ1v) is 9.06. The molecule has 0 radical (unpaired) electrons. The summed E-state index contributed by atoms with van der Waals surface area (Å²) >= 11 is 0. The Morgan fingerprint density at radius 2 is 1.92 bits per heavy atom. The smallest absolute Gasteiger partial charge is 0.187 e. The molecule has 2 fully saturated rings. The number of hydrogen-bond donors (Lipinski definition) is 1. The highest BCUT2D eigenvalue weighted by atomic mass is 16.7. The molecule has 2 aliphatic rings. The summed E-state index contributed by atoms with van der Waals surface area (Å²) in [6.07, 6.45) is 3.25. The highest BCUT2D eigenvalue weighted by Crippen LogP contribution is 2.51. The predicted molar refractivity (Wildman–Crippen MR) is 93.1 cm³/mol. The molecule has 3 rings (SSSR count). The minimum Gasteiger partial charge on any atom is -0.504 e. The fourth-order valence-electron chi connectivity index (χ4n) is 4.79. The van der Waals surface area contributed by atoms with Crippen LogP contribution in [0.4, 0.5) is 0 Å². The third-order valence-corrected chi connectivity index (χ3v) is 5.84. The molecule has 0 amide bonds. The third-order valence-electron chi connectivity index (χ3n) is 5.84. The van der Waals surface area contributed by atoms with Crippen molar-refractivity contribution in [2.75, 3.05) is 20.3 Å². The van der Waals surface area contributed by atoms with Gasteiger partial charge >= 0.3 is 0 Å². The van der Waals surface area contributed by atoms with Crippen LogP contribution in [-0.4, -0.2) is 25.4 Å². The monoisotopic (exact) mass is 334 g/mol. The zero-order valence-electron chi connectivity index (χ0n) is 15.2. The van der Waals surface area contributed by atoms with Crippen LogP contribution in [0.25, 0.3) is 0 Å². The van der Waals surface area contributed by atoms with E-state index in [0.717, 1.165) is 11.5 Å². The van der Waals surface area contributed by atoms with E-state index in [0.29, 0.717) is 30.8 Å². The lowest BCUT2D eigenvalue weighted by Gasteiger charge is -2.51. The highest BCUT2D eigenvalue weighted by Gasteiger charge is 2.48. The second kappa shape index (κ2) is 6.93. The van der Waals surface area contributed by atoms with Gasteiger partial charge in [-0.1, -0.05) is 33.3 Å². The Morgan fingerprint density at radius 1 is 1.21 bits per heavy atom. The summed E-state index contributed by atoms with van der Waals surface area (Å²) in [5.74, 6) is 2.56. The average Bonchev–Trinajstić information content (AvgIpc) is 2.55. The van der Waals surface area contributed by atoms with Crippen molar-refractivity contribution >= 4 is 0 Å². The van der Waals surface area contributed by atoms with Gasteiger partial charge in [-0.25, -0.2) is 0 Å². The van der Waals surface area contributed by atoms with Crippen molar-refractivity contribution in [2.45, 2.75) is 46.3 Å². The van der Waals surface area contributed by atoms with Crippen molar-refractivity contribution in [3.05, 3.63) is 23.8 Å². The Kier molecular flexibility index (Phi) is 5.07. The molecule has 4 nitrogen and oxygen atoms in total. The minimum atomic E-state index is -0.470. The van der Waals surface area contributed by atoms with E-state index in [9.17, 15) is 5.11 Å². The molecule has 1 aliphatic carbocycles. The molecule has 1 aliphatic heterocycles. The number of ether oxygens (including phenoxy) is 3. The number of benzene rings is 1. The predicted octanol–water partition coefficient (Wildman–Crippen LogP) is 4.52. The maximum absolute atomic E-state index is 9.98. The molecule has 4 heteroatoms. The quantitative estimate of drug-likeness (QED) is 0.882. The molecule has 1 N–H and O–H groups in total. The van der Waals surface area contributed by atoms with Gasteiger partial charge in [-0.15, -0.1) is 0 Å². The van der Waals surface area contributed by atoms with E-state index >= 15 is 0 Å². The molecule has 134 valence electrons. The first kappa shape index (κ1) is 17.6. The Bertz CT molecular complexity index is 561. The van der Waals surface area contributed by atoms with E-state index in [1.54, 1.807) is 19.2 Å². The van der Waals surface area contributed by atoms with Crippen LogP contribution in [-0.2, 0) is 9.47 Å². The number of phenolic OH excluding ortho intramolecular Hbond substituents is 1. The summed E-state index contributed by atoms with van der Waals surface area (Å²) in [7, 11) is 1.56. The summed E-state index contributed by atoms with van der Waals surface area (Å²) in [5.41, 5.74) is 0.879. The van der Waals surface area contributed by atoms with Crippen LogP contribution in [0.15, 0.2) is 18.2 Å². The lowest BCUT2D eigenvalue weighted by atomic mass is 9.60. The zero-order valence-corrected chi connectivity index (χ0v) is 15.2. The SMILES string of the molecule is COc1c(O)cccc1C1OCC2(CO1)C[C@H](C)CC[C@H]2C(C)C. The minimum absolute atomic E-state index is 0.117. The van der Waals surface area contributed by atoms with Crippen LogP contribution >= 0.6 is 0 Å². The molecule has 24 heavy (non-hydrogen) atoms. The molecule has 0 aromatic heterocycles. The number of aromatic hydroxyl groups is 1. The molecular formula is C20H30O4. The number of rotatable bonds is 3. The van der Waals surface area contributed by atoms with E-state index in [4.69, 9.17) is 14.2 Å². The Balaban J connectivity index is 1.78. The molecular weight excluding hydrogens is 304 g/mol. The van der Waals surface area contributed by atoms with E-state index in [2.05, 4.69) is 20.8 Å². The van der Waals surface area contributed by atoms with E-state index in [-0.39, 0.29) is 11.2 Å². The van der Waals surface area contributed by atoms with Gasteiger partial charge in [0.15, 0.2) is 17.8 Å². The molecule has 1 heterocycles. The van der Waals surface area contributed by atoms with Gasteiger partial charge in [-0.05, 0) is 42.7 Å². The standard InChI is InChI=1S/C20H30O4/c1-13(2)16-9-8-14(3)10-20(16)11-23-19(24-12-20)15-6-5-7-17(21)18(15)22-4/h5-7,13-14,16,19,21H,8-12H2,1-4H3/t14-,16+,19?,20?/m1/s1. The average molecular weight is 334 g/mol. The van der Waals surface area contributed by atoms with Crippen molar-refractivity contribution < 1.29 is 19.3 Å². The van der Waals surface area contributed by atoms with Crippen molar-refractivity contribution in [3.63, 3.8) is 0 Å². The second-order valence-electron chi connectivity index (χ2n) is 7.95. The van der Waals surface area contributed by atoms with Gasteiger partial charge in [-0.3, -0.25) is 0 Å². The summed E-state index contributed by atoms with van der Waals surface area (Å²) in [6.45, 7) is 8.38. The van der Waals surface area contributed by atoms with Crippen LogP contribution < -0.4 is 4.74 Å². The molecule has 1 aromatic rings. The van der Waals surface area contributed by atoms with Gasteiger partial charge in [0.05, 0.1) is 25.9 Å². The van der Waals surface area contributed by atoms with E-state index in [1.807, 2.05) is 6.07 Å². The molecule has 0 bridgehead atoms. The topological polar surface area (TPSA) is 47.9 Å². The first-order chi connectivity index (χ1) is 11.5. The van der Waals surface area contributed by atoms with Crippen molar-refractivity contribution in [1.82, 2.24) is 0 Å². The van der Waals surface area contributed by atoms with Gasteiger partial charge in [0.25, 0.3) is 0 Å². The second-order valence-corrected chi connectivity index (χ2v) is 7.95. The number of methoxy groups -OCH3 is 1. The summed E-state index contributed by atoms with van der Waals surface area (Å²) in [5, 5.41) is 9.98. The van der Waals surface area contributed by atoms with Crippen LogP contribution in [0.2, 0.25) is 0 Å². The Labute approximate surface area is 145 Å². The van der Waals surface area contributed by atoms with Gasteiger partial charge in [-0.2, -0.15) is 0 Å². The summed E-state index contributed by atoms with van der Waals surface area (Å²) in [6, 6.07) is 5.30. The van der Waals surface area contributed by atoms with Crippen LogP contribution in [0, 0.1) is 23.2 Å².